The molecule has 1 aliphatic carbocycles. The highest BCUT2D eigenvalue weighted by atomic mass is 32.1. The van der Waals surface area contributed by atoms with E-state index in [4.69, 9.17) is 0 Å². The molecule has 0 radical (unpaired) electrons. The third kappa shape index (κ3) is 2.69. The van der Waals surface area contributed by atoms with Crippen LogP contribution in [-0.4, -0.2) is 15.2 Å². The van der Waals surface area contributed by atoms with E-state index in [0.29, 0.717) is 0 Å². The van der Waals surface area contributed by atoms with Crippen molar-refractivity contribution in [3.63, 3.8) is 0 Å². The van der Waals surface area contributed by atoms with Crippen molar-refractivity contribution in [1.29, 1.82) is 0 Å². The van der Waals surface area contributed by atoms with Crippen LogP contribution in [0.1, 0.15) is 25.3 Å². The number of hydrogen-bond acceptors (Lipinski definition) is 4. The fraction of sp³-hybridized carbons (Fsp3) is 0.462. The van der Waals surface area contributed by atoms with E-state index in [1.807, 2.05) is 12.3 Å². The van der Waals surface area contributed by atoms with Crippen molar-refractivity contribution in [2.45, 2.75) is 26.7 Å². The summed E-state index contributed by atoms with van der Waals surface area (Å²) in [4.78, 5) is 4.26. The molecule has 2 atom stereocenters. The molecular formula is C13H17NO2S. The molecule has 17 heavy (non-hydrogen) atoms. The molecule has 0 saturated heterocycles. The maximum Gasteiger partial charge on any atom is 0.118 e. The molecule has 3 nitrogen and oxygen atoms in total. The quantitative estimate of drug-likeness (QED) is 0.862. The Morgan fingerprint density at radius 1 is 1.53 bits per heavy atom. The summed E-state index contributed by atoms with van der Waals surface area (Å²) in [7, 11) is 0. The summed E-state index contributed by atoms with van der Waals surface area (Å²) in [6.45, 7) is 4.06. The standard InChI is InChI=1S/C13H17NO2S/c1-8(6-13-14-3-4-17-13)10-5-9(2)11(15)7-12(10)16/h3-4,7-9,15-16H,5-6H2,1-2H3. The molecule has 2 N–H and O–H groups in total. The Kier molecular flexibility index (Phi) is 3.52. The van der Waals surface area contributed by atoms with E-state index in [0.717, 1.165) is 23.4 Å². The van der Waals surface area contributed by atoms with Gasteiger partial charge in [-0.1, -0.05) is 13.8 Å². The molecule has 92 valence electrons. The normalized spacial score (nSPS) is 22.5. The number of rotatable bonds is 3. The Hall–Kier alpha value is -1.29. The second-order valence-corrected chi connectivity index (χ2v) is 5.59. The SMILES string of the molecule is CC1CC(C(C)Cc2nccs2)=C(O)C=C1O. The first-order valence-electron chi connectivity index (χ1n) is 5.79. The second-order valence-electron chi connectivity index (χ2n) is 4.62. The fourth-order valence-corrected chi connectivity index (χ4v) is 2.85. The number of hydrogen-bond donors (Lipinski definition) is 2. The molecule has 1 aliphatic rings. The van der Waals surface area contributed by atoms with Gasteiger partial charge >= 0.3 is 0 Å². The molecule has 1 aromatic heterocycles. The number of allylic oxidation sites excluding steroid dienone is 3. The maximum atomic E-state index is 9.88. The molecule has 2 unspecified atom stereocenters. The van der Waals surface area contributed by atoms with E-state index < -0.39 is 0 Å². The lowest BCUT2D eigenvalue weighted by molar-refractivity contribution is 0.307. The van der Waals surface area contributed by atoms with Crippen molar-refractivity contribution in [3.8, 4) is 0 Å². The highest BCUT2D eigenvalue weighted by Gasteiger charge is 2.23. The van der Waals surface area contributed by atoms with Crippen LogP contribution in [0.4, 0.5) is 0 Å². The third-order valence-electron chi connectivity index (χ3n) is 3.20. The second kappa shape index (κ2) is 4.92. The predicted molar refractivity (Wildman–Crippen MR) is 69.1 cm³/mol. The Morgan fingerprint density at radius 2 is 2.29 bits per heavy atom. The minimum Gasteiger partial charge on any atom is -0.512 e. The van der Waals surface area contributed by atoms with E-state index in [9.17, 15) is 10.2 Å². The Balaban J connectivity index is 2.14. The maximum absolute atomic E-state index is 9.88. The van der Waals surface area contributed by atoms with Gasteiger partial charge in [0.05, 0.1) is 10.8 Å². The Morgan fingerprint density at radius 3 is 2.94 bits per heavy atom. The summed E-state index contributed by atoms with van der Waals surface area (Å²) in [5.74, 6) is 0.852. The van der Waals surface area contributed by atoms with E-state index in [1.54, 1.807) is 17.5 Å². The number of thiazole rings is 1. The highest BCUT2D eigenvalue weighted by Crippen LogP contribution is 2.32. The van der Waals surface area contributed by atoms with Crippen LogP contribution in [0.5, 0.6) is 0 Å². The highest BCUT2D eigenvalue weighted by molar-refractivity contribution is 7.09. The molecule has 1 aromatic rings. The Bertz CT molecular complexity index is 448. The zero-order valence-corrected chi connectivity index (χ0v) is 10.9. The van der Waals surface area contributed by atoms with Crippen LogP contribution in [0.3, 0.4) is 0 Å². The topological polar surface area (TPSA) is 53.4 Å². The first-order chi connectivity index (χ1) is 8.08. The van der Waals surface area contributed by atoms with Gasteiger partial charge in [-0.3, -0.25) is 0 Å². The predicted octanol–water partition coefficient (Wildman–Crippen LogP) is 3.62. The average molecular weight is 251 g/mol. The summed E-state index contributed by atoms with van der Waals surface area (Å²) in [6, 6.07) is 0. The largest absolute Gasteiger partial charge is 0.512 e. The average Bonchev–Trinajstić information content (AvgIpc) is 2.76. The summed E-state index contributed by atoms with van der Waals surface area (Å²) < 4.78 is 0. The van der Waals surface area contributed by atoms with Crippen LogP contribution >= 0.6 is 11.3 Å². The van der Waals surface area contributed by atoms with Crippen molar-refractivity contribution in [1.82, 2.24) is 4.98 Å². The van der Waals surface area contributed by atoms with Gasteiger partial charge in [-0.2, -0.15) is 0 Å². The van der Waals surface area contributed by atoms with Gasteiger partial charge in [0.2, 0.25) is 0 Å². The van der Waals surface area contributed by atoms with Gasteiger partial charge in [0.15, 0.2) is 0 Å². The van der Waals surface area contributed by atoms with Crippen molar-refractivity contribution in [3.05, 3.63) is 39.8 Å². The zero-order chi connectivity index (χ0) is 12.4. The van der Waals surface area contributed by atoms with Gasteiger partial charge < -0.3 is 10.2 Å². The van der Waals surface area contributed by atoms with Crippen LogP contribution in [0, 0.1) is 11.8 Å². The molecular weight excluding hydrogens is 234 g/mol. The minimum atomic E-state index is 0.0969. The molecule has 0 spiro atoms. The first kappa shape index (κ1) is 12.2. The van der Waals surface area contributed by atoms with Gasteiger partial charge in [-0.25, -0.2) is 4.98 Å². The lowest BCUT2D eigenvalue weighted by Gasteiger charge is -2.23. The fourth-order valence-electron chi connectivity index (χ4n) is 2.11. The van der Waals surface area contributed by atoms with E-state index in [1.165, 1.54) is 6.08 Å². The lowest BCUT2D eigenvalue weighted by atomic mass is 9.85. The first-order valence-corrected chi connectivity index (χ1v) is 6.66. The molecule has 1 heterocycles. The molecule has 0 fully saturated rings. The van der Waals surface area contributed by atoms with Gasteiger partial charge in [0, 0.05) is 30.0 Å². The number of aliphatic hydroxyl groups excluding tert-OH is 2. The number of nitrogens with zero attached hydrogens (tertiary/aromatic N) is 1. The smallest absolute Gasteiger partial charge is 0.118 e. The monoisotopic (exact) mass is 251 g/mol. The summed E-state index contributed by atoms with van der Waals surface area (Å²) >= 11 is 1.64. The number of aliphatic hydroxyl groups is 2. The molecule has 0 bridgehead atoms. The van der Waals surface area contributed by atoms with Crippen LogP contribution in [0.25, 0.3) is 0 Å². The molecule has 4 heteroatoms. The van der Waals surface area contributed by atoms with Crippen molar-refractivity contribution >= 4 is 11.3 Å². The van der Waals surface area contributed by atoms with Crippen molar-refractivity contribution < 1.29 is 10.2 Å². The van der Waals surface area contributed by atoms with Crippen LogP contribution in [0.2, 0.25) is 0 Å². The summed E-state index contributed by atoms with van der Waals surface area (Å²) in [6.07, 6.45) is 4.84. The van der Waals surface area contributed by atoms with E-state index >= 15 is 0 Å². The lowest BCUT2D eigenvalue weighted by Crippen LogP contribution is -2.15. The van der Waals surface area contributed by atoms with Gasteiger partial charge in [-0.15, -0.1) is 11.3 Å². The number of aromatic nitrogens is 1. The molecule has 0 aliphatic heterocycles. The van der Waals surface area contributed by atoms with Gasteiger partial charge in [0.1, 0.15) is 5.76 Å². The van der Waals surface area contributed by atoms with Crippen LogP contribution in [0.15, 0.2) is 34.7 Å². The molecule has 2 rings (SSSR count). The molecule has 0 saturated carbocycles. The Labute approximate surface area is 105 Å². The summed E-state index contributed by atoms with van der Waals surface area (Å²) in [5.41, 5.74) is 1.02. The molecule has 0 amide bonds. The van der Waals surface area contributed by atoms with E-state index in [2.05, 4.69) is 11.9 Å². The van der Waals surface area contributed by atoms with Gasteiger partial charge in [-0.05, 0) is 17.9 Å². The van der Waals surface area contributed by atoms with Crippen LogP contribution in [-0.2, 0) is 6.42 Å². The molecule has 0 aromatic carbocycles. The van der Waals surface area contributed by atoms with Gasteiger partial charge in [0.25, 0.3) is 0 Å². The van der Waals surface area contributed by atoms with Crippen molar-refractivity contribution in [2.24, 2.45) is 11.8 Å². The van der Waals surface area contributed by atoms with Crippen molar-refractivity contribution in [2.75, 3.05) is 0 Å². The summed E-state index contributed by atoms with van der Waals surface area (Å²) in [5, 5.41) is 22.5. The third-order valence-corrected chi connectivity index (χ3v) is 4.01. The zero-order valence-electron chi connectivity index (χ0n) is 10.1. The minimum absolute atomic E-state index is 0.0969. The van der Waals surface area contributed by atoms with E-state index in [-0.39, 0.29) is 23.4 Å². The van der Waals surface area contributed by atoms with Crippen LogP contribution < -0.4 is 0 Å².